The van der Waals surface area contributed by atoms with E-state index in [-0.39, 0.29) is 23.1 Å². The molecule has 2 fully saturated rings. The van der Waals surface area contributed by atoms with Gasteiger partial charge in [0.1, 0.15) is 5.84 Å². The molecule has 2 heterocycles. The minimum atomic E-state index is -0.712. The summed E-state index contributed by atoms with van der Waals surface area (Å²) in [5.41, 5.74) is 8.15. The molecule has 4 amide bonds. The lowest BCUT2D eigenvalue weighted by molar-refractivity contribution is 0.0687. The van der Waals surface area contributed by atoms with Gasteiger partial charge in [-0.15, -0.1) is 0 Å². The fourth-order valence-corrected chi connectivity index (χ4v) is 3.97. The Balaban J connectivity index is 1.74. The summed E-state index contributed by atoms with van der Waals surface area (Å²) in [7, 11) is 1.71. The molecule has 0 spiro atoms. The van der Waals surface area contributed by atoms with Gasteiger partial charge in [-0.3, -0.25) is 19.9 Å². The molecule has 2 aliphatic rings. The first-order valence-electron chi connectivity index (χ1n) is 10.5. The van der Waals surface area contributed by atoms with Crippen LogP contribution < -0.4 is 10.6 Å². The van der Waals surface area contributed by atoms with Crippen LogP contribution >= 0.6 is 0 Å². The fourth-order valence-electron chi connectivity index (χ4n) is 3.97. The number of nitrogens with zero attached hydrogens (tertiary/aromatic N) is 4. The number of nitrogens with one attached hydrogen (secondary N) is 1. The third kappa shape index (κ3) is 4.66. The number of hydrogen-bond donors (Lipinski definition) is 2. The summed E-state index contributed by atoms with van der Waals surface area (Å²) in [5.74, 6) is -0.575. The van der Waals surface area contributed by atoms with Gasteiger partial charge in [-0.05, 0) is 37.6 Å². The largest absolute Gasteiger partial charge is 0.366 e. The number of primary amides is 1. The quantitative estimate of drug-likeness (QED) is 0.415. The van der Waals surface area contributed by atoms with Gasteiger partial charge in [-0.2, -0.15) is 0 Å². The Bertz CT molecular complexity index is 1010. The van der Waals surface area contributed by atoms with Crippen molar-refractivity contribution in [2.45, 2.75) is 13.8 Å². The molecule has 1 aromatic rings. The smallest absolute Gasteiger partial charge is 0.324 e. The van der Waals surface area contributed by atoms with E-state index in [9.17, 15) is 14.4 Å². The van der Waals surface area contributed by atoms with Crippen molar-refractivity contribution >= 4 is 29.4 Å². The predicted octanol–water partition coefficient (Wildman–Crippen LogP) is 1.91. The van der Waals surface area contributed by atoms with Crippen molar-refractivity contribution < 1.29 is 14.4 Å². The number of amides is 4. The summed E-state index contributed by atoms with van der Waals surface area (Å²) in [4.78, 5) is 44.3. The van der Waals surface area contributed by atoms with Gasteiger partial charge in [-0.1, -0.05) is 18.2 Å². The number of likely N-dealkylation sites (N-methyl/N-ethyl adjacent to an activating group) is 1. The molecule has 32 heavy (non-hydrogen) atoms. The Morgan fingerprint density at radius 2 is 1.66 bits per heavy atom. The fraction of sp³-hybridized carbons (Fsp3) is 0.391. The Hall–Kier alpha value is -3.62. The molecule has 0 saturated carbocycles. The van der Waals surface area contributed by atoms with Crippen LogP contribution in [-0.4, -0.2) is 84.7 Å². The molecule has 9 nitrogen and oxygen atoms in total. The predicted molar refractivity (Wildman–Crippen MR) is 124 cm³/mol. The molecule has 0 unspecified atom stereocenters. The first kappa shape index (κ1) is 23.1. The normalized spacial score (nSPS) is 17.1. The van der Waals surface area contributed by atoms with Crippen LogP contribution in [0.25, 0.3) is 0 Å². The zero-order valence-corrected chi connectivity index (χ0v) is 18.9. The Kier molecular flexibility index (Phi) is 6.67. The van der Waals surface area contributed by atoms with E-state index in [0.29, 0.717) is 50.8 Å². The molecular formula is C23H30N6O3. The van der Waals surface area contributed by atoms with Crippen LogP contribution in [0, 0.1) is 5.41 Å². The van der Waals surface area contributed by atoms with Gasteiger partial charge < -0.3 is 20.4 Å². The Labute approximate surface area is 188 Å². The molecule has 9 heteroatoms. The minimum Gasteiger partial charge on any atom is -0.366 e. The van der Waals surface area contributed by atoms with Crippen molar-refractivity contribution in [3.8, 4) is 0 Å². The van der Waals surface area contributed by atoms with Gasteiger partial charge in [0.15, 0.2) is 0 Å². The van der Waals surface area contributed by atoms with Gasteiger partial charge in [0.25, 0.3) is 5.91 Å². The highest BCUT2D eigenvalue weighted by Crippen LogP contribution is 2.24. The molecule has 170 valence electrons. The van der Waals surface area contributed by atoms with Crippen molar-refractivity contribution in [1.29, 1.82) is 5.41 Å². The molecule has 0 atom stereocenters. The van der Waals surface area contributed by atoms with Gasteiger partial charge >= 0.3 is 6.03 Å². The maximum absolute atomic E-state index is 13.2. The van der Waals surface area contributed by atoms with E-state index in [4.69, 9.17) is 11.1 Å². The highest BCUT2D eigenvalue weighted by molar-refractivity contribution is 6.08. The van der Waals surface area contributed by atoms with E-state index in [1.807, 2.05) is 24.8 Å². The van der Waals surface area contributed by atoms with E-state index >= 15 is 0 Å². The molecule has 3 N–H and O–H groups in total. The van der Waals surface area contributed by atoms with E-state index in [1.54, 1.807) is 33.9 Å². The average molecular weight is 439 g/mol. The van der Waals surface area contributed by atoms with Crippen LogP contribution in [-0.2, 0) is 0 Å². The van der Waals surface area contributed by atoms with Crippen LogP contribution in [0.15, 0.2) is 42.0 Å². The van der Waals surface area contributed by atoms with E-state index < -0.39 is 5.91 Å². The van der Waals surface area contributed by atoms with Gasteiger partial charge in [0.05, 0.1) is 11.1 Å². The SMILES string of the molecule is C=C(C)/C=C(/C)C(=N)N1CCN(C(=O)c2ccc(N3CCN(C)C3=O)cc2C(N)=O)CC1. The van der Waals surface area contributed by atoms with Crippen molar-refractivity contribution in [2.75, 3.05) is 51.2 Å². The number of amidine groups is 1. The van der Waals surface area contributed by atoms with Gasteiger partial charge in [0, 0.05) is 52.0 Å². The molecule has 3 rings (SSSR count). The Morgan fingerprint density at radius 1 is 1.03 bits per heavy atom. The standard InChI is InChI=1S/C23H30N6O3/c1-15(2)13-16(3)20(24)27-8-10-28(11-9-27)22(31)18-6-5-17(14-19(18)21(25)30)29-12-7-26(4)23(29)32/h5-6,13-14,24H,1,7-12H2,2-4H3,(H2,25,30)/b16-13-,24-20?. The molecule has 1 aromatic carbocycles. The van der Waals surface area contributed by atoms with E-state index in [2.05, 4.69) is 6.58 Å². The molecule has 2 saturated heterocycles. The third-order valence-corrected chi connectivity index (χ3v) is 5.75. The lowest BCUT2D eigenvalue weighted by Gasteiger charge is -2.36. The van der Waals surface area contributed by atoms with E-state index in [0.717, 1.165) is 11.1 Å². The number of urea groups is 1. The second kappa shape index (κ2) is 9.25. The van der Waals surface area contributed by atoms with Crippen LogP contribution in [0.2, 0.25) is 0 Å². The first-order valence-corrected chi connectivity index (χ1v) is 10.5. The number of piperazine rings is 1. The number of anilines is 1. The maximum Gasteiger partial charge on any atom is 0.324 e. The zero-order chi connectivity index (χ0) is 23.6. The third-order valence-electron chi connectivity index (χ3n) is 5.75. The van der Waals surface area contributed by atoms with E-state index in [1.165, 1.54) is 6.07 Å². The molecule has 0 aliphatic carbocycles. The van der Waals surface area contributed by atoms with Gasteiger partial charge in [-0.25, -0.2) is 4.79 Å². The second-order valence-corrected chi connectivity index (χ2v) is 8.25. The average Bonchev–Trinajstić information content (AvgIpc) is 3.10. The number of carbonyl (C=O) groups is 3. The molecule has 2 aliphatic heterocycles. The van der Waals surface area contributed by atoms with Crippen molar-refractivity contribution in [2.24, 2.45) is 5.73 Å². The lowest BCUT2D eigenvalue weighted by Crippen LogP contribution is -2.50. The number of benzene rings is 1. The zero-order valence-electron chi connectivity index (χ0n) is 18.9. The monoisotopic (exact) mass is 438 g/mol. The van der Waals surface area contributed by atoms with Crippen molar-refractivity contribution in [1.82, 2.24) is 14.7 Å². The highest BCUT2D eigenvalue weighted by Gasteiger charge is 2.30. The number of nitrogens with two attached hydrogens (primary N) is 1. The summed E-state index contributed by atoms with van der Waals surface area (Å²) >= 11 is 0. The van der Waals surface area contributed by atoms with Gasteiger partial charge in [0.2, 0.25) is 5.91 Å². The number of rotatable bonds is 5. The summed E-state index contributed by atoms with van der Waals surface area (Å²) in [5, 5.41) is 8.36. The molecule has 0 radical (unpaired) electrons. The summed E-state index contributed by atoms with van der Waals surface area (Å²) < 4.78 is 0. The van der Waals surface area contributed by atoms with Crippen molar-refractivity contribution in [3.05, 3.63) is 53.1 Å². The minimum absolute atomic E-state index is 0.102. The second-order valence-electron chi connectivity index (χ2n) is 8.25. The Morgan fingerprint density at radius 3 is 2.19 bits per heavy atom. The summed E-state index contributed by atoms with van der Waals surface area (Å²) in [6.45, 7) is 10.6. The van der Waals surface area contributed by atoms with Crippen molar-refractivity contribution in [3.63, 3.8) is 0 Å². The first-order chi connectivity index (χ1) is 15.1. The van der Waals surface area contributed by atoms with Crippen LogP contribution in [0.5, 0.6) is 0 Å². The number of hydrogen-bond acceptors (Lipinski definition) is 4. The molecule has 0 bridgehead atoms. The molecular weight excluding hydrogens is 408 g/mol. The van der Waals surface area contributed by atoms with Crippen LogP contribution in [0.1, 0.15) is 34.6 Å². The lowest BCUT2D eigenvalue weighted by atomic mass is 10.0. The highest BCUT2D eigenvalue weighted by atomic mass is 16.2. The summed E-state index contributed by atoms with van der Waals surface area (Å²) in [6.07, 6.45) is 1.86. The summed E-state index contributed by atoms with van der Waals surface area (Å²) in [6, 6.07) is 4.60. The van der Waals surface area contributed by atoms with Crippen LogP contribution in [0.3, 0.4) is 0 Å². The number of carbonyl (C=O) groups excluding carboxylic acids is 3. The number of allylic oxidation sites excluding steroid dienone is 2. The molecule has 0 aromatic heterocycles. The maximum atomic E-state index is 13.2. The van der Waals surface area contributed by atoms with Crippen LogP contribution in [0.4, 0.5) is 10.5 Å². The topological polar surface area (TPSA) is 114 Å².